The first-order chi connectivity index (χ1) is 12.2. The summed E-state index contributed by atoms with van der Waals surface area (Å²) in [6.07, 6.45) is 3.89. The molecule has 2 heterocycles. The van der Waals surface area contributed by atoms with Gasteiger partial charge in [-0.3, -0.25) is 4.79 Å². The Labute approximate surface area is 148 Å². The Morgan fingerprint density at radius 3 is 2.64 bits per heavy atom. The van der Waals surface area contributed by atoms with Gasteiger partial charge in [-0.05, 0) is 55.9 Å². The minimum atomic E-state index is 0.0590. The van der Waals surface area contributed by atoms with E-state index in [2.05, 4.69) is 33.7 Å². The second-order valence-corrected chi connectivity index (χ2v) is 7.09. The molecular formula is C20H24N4O. The summed E-state index contributed by atoms with van der Waals surface area (Å²) < 4.78 is 0. The van der Waals surface area contributed by atoms with Crippen molar-refractivity contribution < 1.29 is 4.79 Å². The van der Waals surface area contributed by atoms with Gasteiger partial charge in [0.2, 0.25) is 5.91 Å². The molecule has 0 bridgehead atoms. The summed E-state index contributed by atoms with van der Waals surface area (Å²) in [6.45, 7) is 3.56. The number of hydrogen-bond acceptors (Lipinski definition) is 4. The van der Waals surface area contributed by atoms with Gasteiger partial charge in [0.05, 0.1) is 11.6 Å². The van der Waals surface area contributed by atoms with Crippen LogP contribution in [-0.2, 0) is 11.2 Å². The van der Waals surface area contributed by atoms with Gasteiger partial charge in [-0.15, -0.1) is 5.10 Å². The first-order valence-corrected chi connectivity index (χ1v) is 9.14. The second-order valence-electron chi connectivity index (χ2n) is 7.09. The van der Waals surface area contributed by atoms with Crippen LogP contribution in [0.5, 0.6) is 0 Å². The van der Waals surface area contributed by atoms with Gasteiger partial charge in [0.15, 0.2) is 0 Å². The van der Waals surface area contributed by atoms with Crippen molar-refractivity contribution in [3.63, 3.8) is 0 Å². The molecule has 5 heteroatoms. The lowest BCUT2D eigenvalue weighted by Gasteiger charge is -2.34. The molecule has 0 radical (unpaired) electrons. The van der Waals surface area contributed by atoms with Gasteiger partial charge in [-0.2, -0.15) is 5.10 Å². The number of nitrogens with one attached hydrogen (secondary N) is 1. The molecular weight excluding hydrogens is 312 g/mol. The molecule has 1 N–H and O–H groups in total. The predicted octanol–water partition coefficient (Wildman–Crippen LogP) is 2.92. The lowest BCUT2D eigenvalue weighted by Crippen LogP contribution is -2.44. The standard InChI is InChI=1S/C20H24N4O/c1-14-6-9-19(23-22-14)21-16-10-12-24(13-11-16)20(25)18-8-7-15-4-2-3-5-17(15)18/h2-6,9,16,18H,7-8,10-13H2,1H3,(H,21,23)/t18-/m0/s1. The Hall–Kier alpha value is -2.43. The van der Waals surface area contributed by atoms with Crippen LogP contribution in [0.15, 0.2) is 36.4 Å². The van der Waals surface area contributed by atoms with Crippen molar-refractivity contribution in [2.75, 3.05) is 18.4 Å². The van der Waals surface area contributed by atoms with E-state index in [9.17, 15) is 4.79 Å². The molecule has 1 aliphatic heterocycles. The smallest absolute Gasteiger partial charge is 0.230 e. The molecule has 5 nitrogen and oxygen atoms in total. The van der Waals surface area contributed by atoms with Crippen LogP contribution in [0.25, 0.3) is 0 Å². The molecule has 1 fully saturated rings. The van der Waals surface area contributed by atoms with Gasteiger partial charge in [-0.25, -0.2) is 0 Å². The molecule has 1 atom stereocenters. The fraction of sp³-hybridized carbons (Fsp3) is 0.450. The highest BCUT2D eigenvalue weighted by Gasteiger charge is 2.33. The van der Waals surface area contributed by atoms with Gasteiger partial charge in [0.25, 0.3) is 0 Å². The maximum Gasteiger partial charge on any atom is 0.230 e. The number of rotatable bonds is 3. The topological polar surface area (TPSA) is 58.1 Å². The zero-order valence-electron chi connectivity index (χ0n) is 14.6. The minimum absolute atomic E-state index is 0.0590. The fourth-order valence-electron chi connectivity index (χ4n) is 3.96. The van der Waals surface area contributed by atoms with Crippen LogP contribution >= 0.6 is 0 Å². The minimum Gasteiger partial charge on any atom is -0.366 e. The quantitative estimate of drug-likeness (QED) is 0.936. The van der Waals surface area contributed by atoms with Gasteiger partial charge in [0, 0.05) is 19.1 Å². The maximum atomic E-state index is 12.9. The summed E-state index contributed by atoms with van der Waals surface area (Å²) in [5, 5.41) is 11.7. The van der Waals surface area contributed by atoms with Gasteiger partial charge >= 0.3 is 0 Å². The van der Waals surface area contributed by atoms with E-state index in [1.54, 1.807) is 0 Å². The summed E-state index contributed by atoms with van der Waals surface area (Å²) in [5.41, 5.74) is 3.50. The summed E-state index contributed by atoms with van der Waals surface area (Å²) in [6, 6.07) is 12.7. The second kappa shape index (κ2) is 6.82. The highest BCUT2D eigenvalue weighted by molar-refractivity contribution is 5.85. The molecule has 4 rings (SSSR count). The molecule has 0 unspecified atom stereocenters. The first-order valence-electron chi connectivity index (χ1n) is 9.14. The maximum absolute atomic E-state index is 12.9. The molecule has 2 aromatic rings. The van der Waals surface area contributed by atoms with Crippen molar-refractivity contribution in [2.45, 2.75) is 44.6 Å². The zero-order chi connectivity index (χ0) is 17.2. The Morgan fingerprint density at radius 1 is 1.08 bits per heavy atom. The van der Waals surface area contributed by atoms with Crippen LogP contribution < -0.4 is 5.32 Å². The van der Waals surface area contributed by atoms with Crippen LogP contribution in [0.2, 0.25) is 0 Å². The van der Waals surface area contributed by atoms with Crippen LogP contribution in [0.4, 0.5) is 5.82 Å². The van der Waals surface area contributed by atoms with Crippen LogP contribution in [-0.4, -0.2) is 40.1 Å². The van der Waals surface area contributed by atoms with Crippen molar-refractivity contribution in [1.82, 2.24) is 15.1 Å². The number of carbonyl (C=O) groups excluding carboxylic acids is 1. The molecule has 2 aliphatic rings. The molecule has 1 aliphatic carbocycles. The number of benzene rings is 1. The molecule has 0 saturated carbocycles. The van der Waals surface area contributed by atoms with E-state index in [1.165, 1.54) is 11.1 Å². The number of carbonyl (C=O) groups is 1. The highest BCUT2D eigenvalue weighted by Crippen LogP contribution is 2.34. The number of nitrogens with zero attached hydrogens (tertiary/aromatic N) is 3. The summed E-state index contributed by atoms with van der Waals surface area (Å²) >= 11 is 0. The lowest BCUT2D eigenvalue weighted by atomic mass is 9.97. The van der Waals surface area contributed by atoms with Crippen molar-refractivity contribution in [2.24, 2.45) is 0 Å². The third-order valence-corrected chi connectivity index (χ3v) is 5.39. The van der Waals surface area contributed by atoms with E-state index in [4.69, 9.17) is 0 Å². The molecule has 1 amide bonds. The van der Waals surface area contributed by atoms with Gasteiger partial charge in [0.1, 0.15) is 5.82 Å². The number of aryl methyl sites for hydroxylation is 2. The predicted molar refractivity (Wildman–Crippen MR) is 97.5 cm³/mol. The Bertz CT molecular complexity index is 751. The van der Waals surface area contributed by atoms with Gasteiger partial charge < -0.3 is 10.2 Å². The van der Waals surface area contributed by atoms with E-state index >= 15 is 0 Å². The molecule has 1 aromatic carbocycles. The largest absolute Gasteiger partial charge is 0.366 e. The van der Waals surface area contributed by atoms with Crippen molar-refractivity contribution in [3.8, 4) is 0 Å². The van der Waals surface area contributed by atoms with Crippen molar-refractivity contribution in [3.05, 3.63) is 53.2 Å². The van der Waals surface area contributed by atoms with E-state index in [1.807, 2.05) is 30.0 Å². The van der Waals surface area contributed by atoms with E-state index in [0.717, 1.165) is 50.3 Å². The number of piperidine rings is 1. The summed E-state index contributed by atoms with van der Waals surface area (Å²) in [7, 11) is 0. The number of amides is 1. The SMILES string of the molecule is Cc1ccc(NC2CCN(C(=O)[C@H]3CCc4ccccc43)CC2)nn1. The molecule has 1 saturated heterocycles. The number of fused-ring (bicyclic) bond motifs is 1. The third kappa shape index (κ3) is 3.36. The van der Waals surface area contributed by atoms with Gasteiger partial charge in [-0.1, -0.05) is 24.3 Å². The fourth-order valence-corrected chi connectivity index (χ4v) is 3.96. The lowest BCUT2D eigenvalue weighted by molar-refractivity contribution is -0.133. The monoisotopic (exact) mass is 336 g/mol. The van der Waals surface area contributed by atoms with E-state index in [0.29, 0.717) is 11.9 Å². The Balaban J connectivity index is 1.34. The third-order valence-electron chi connectivity index (χ3n) is 5.39. The number of aromatic nitrogens is 2. The average Bonchev–Trinajstić information content (AvgIpc) is 3.08. The summed E-state index contributed by atoms with van der Waals surface area (Å²) in [5.74, 6) is 1.18. The zero-order valence-corrected chi connectivity index (χ0v) is 14.6. The Morgan fingerprint density at radius 2 is 1.88 bits per heavy atom. The van der Waals surface area contributed by atoms with E-state index < -0.39 is 0 Å². The van der Waals surface area contributed by atoms with E-state index in [-0.39, 0.29) is 5.92 Å². The molecule has 25 heavy (non-hydrogen) atoms. The molecule has 1 aromatic heterocycles. The average molecular weight is 336 g/mol. The number of anilines is 1. The van der Waals surface area contributed by atoms with Crippen LogP contribution in [0.3, 0.4) is 0 Å². The van der Waals surface area contributed by atoms with Crippen LogP contribution in [0.1, 0.15) is 42.0 Å². The summed E-state index contributed by atoms with van der Waals surface area (Å²) in [4.78, 5) is 15.0. The number of likely N-dealkylation sites (tertiary alicyclic amines) is 1. The van der Waals surface area contributed by atoms with Crippen molar-refractivity contribution in [1.29, 1.82) is 0 Å². The van der Waals surface area contributed by atoms with Crippen molar-refractivity contribution >= 4 is 11.7 Å². The first kappa shape index (κ1) is 16.1. The normalized spacial score (nSPS) is 20.4. The molecule has 130 valence electrons. The number of hydrogen-bond donors (Lipinski definition) is 1. The Kier molecular flexibility index (Phi) is 4.38. The van der Waals surface area contributed by atoms with Crippen LogP contribution in [0, 0.1) is 6.92 Å². The highest BCUT2D eigenvalue weighted by atomic mass is 16.2. The molecule has 0 spiro atoms.